The van der Waals surface area contributed by atoms with Crippen LogP contribution in [0.4, 0.5) is 0 Å². The van der Waals surface area contributed by atoms with E-state index < -0.39 is 0 Å². The molecule has 1 aromatic heterocycles. The molecule has 0 bridgehead atoms. The highest BCUT2D eigenvalue weighted by atomic mass is 16.3. The van der Waals surface area contributed by atoms with Gasteiger partial charge in [0.05, 0.1) is 11.8 Å². The van der Waals surface area contributed by atoms with E-state index in [1.54, 1.807) is 6.20 Å². The van der Waals surface area contributed by atoms with Gasteiger partial charge in [0.2, 0.25) is 0 Å². The maximum atomic E-state index is 13.4. The molecule has 1 heterocycles. The van der Waals surface area contributed by atoms with E-state index in [0.717, 1.165) is 56.2 Å². The number of nitrogens with zero attached hydrogens (tertiary/aromatic N) is 2. The summed E-state index contributed by atoms with van der Waals surface area (Å²) < 4.78 is 1.84. The van der Waals surface area contributed by atoms with E-state index in [0.29, 0.717) is 23.5 Å². The number of Topliss-reactive ketones (excluding diaryl/α,β-unsaturated/α-hetero) is 1. The number of carbonyl (C=O) groups excluding carboxylic acids is 1. The molecule has 6 atom stereocenters. The second-order valence-corrected chi connectivity index (χ2v) is 10.2. The van der Waals surface area contributed by atoms with Crippen LogP contribution in [0.5, 0.6) is 0 Å². The van der Waals surface area contributed by atoms with Crippen molar-refractivity contribution in [2.24, 2.45) is 35.6 Å². The third-order valence-electron chi connectivity index (χ3n) is 8.90. The Bertz CT molecular complexity index is 881. The van der Waals surface area contributed by atoms with Crippen LogP contribution in [0, 0.1) is 28.6 Å². The van der Waals surface area contributed by atoms with Crippen molar-refractivity contribution in [1.29, 1.82) is 0 Å². The van der Waals surface area contributed by atoms with Gasteiger partial charge in [-0.2, -0.15) is 5.10 Å². The van der Waals surface area contributed by atoms with Crippen LogP contribution in [0.2, 0.25) is 0 Å². The summed E-state index contributed by atoms with van der Waals surface area (Å²) in [6.07, 6.45) is 13.1. The van der Waals surface area contributed by atoms with Gasteiger partial charge in [-0.15, -0.1) is 0 Å². The molecule has 3 saturated carbocycles. The molecular formula is C24H32N2O2. The second-order valence-electron chi connectivity index (χ2n) is 10.2. The van der Waals surface area contributed by atoms with Gasteiger partial charge in [0, 0.05) is 18.7 Å². The third kappa shape index (κ3) is 2.46. The Morgan fingerprint density at radius 1 is 1.18 bits per heavy atom. The Labute approximate surface area is 167 Å². The monoisotopic (exact) mass is 380 g/mol. The van der Waals surface area contributed by atoms with E-state index in [1.807, 2.05) is 17.8 Å². The molecule has 0 aromatic carbocycles. The molecule has 0 amide bonds. The van der Waals surface area contributed by atoms with Crippen molar-refractivity contribution in [3.63, 3.8) is 0 Å². The highest BCUT2D eigenvalue weighted by Crippen LogP contribution is 2.64. The van der Waals surface area contributed by atoms with E-state index in [4.69, 9.17) is 0 Å². The topological polar surface area (TPSA) is 55.1 Å². The summed E-state index contributed by atoms with van der Waals surface area (Å²) in [6.45, 7) is 4.67. The lowest BCUT2D eigenvalue weighted by atomic mass is 9.48. The van der Waals surface area contributed by atoms with Gasteiger partial charge in [-0.1, -0.05) is 25.5 Å². The lowest BCUT2D eigenvalue weighted by molar-refractivity contribution is -0.130. The quantitative estimate of drug-likeness (QED) is 0.583. The molecule has 5 rings (SSSR count). The molecule has 0 spiro atoms. The minimum atomic E-state index is -0.207. The van der Waals surface area contributed by atoms with Gasteiger partial charge in [0.15, 0.2) is 5.78 Å². The molecule has 0 unspecified atom stereocenters. The van der Waals surface area contributed by atoms with Crippen LogP contribution in [0.3, 0.4) is 0 Å². The minimum Gasteiger partial charge on any atom is -0.393 e. The number of rotatable bonds is 1. The molecule has 4 nitrogen and oxygen atoms in total. The smallest absolute Gasteiger partial charge is 0.165 e. The summed E-state index contributed by atoms with van der Waals surface area (Å²) in [4.78, 5) is 13.4. The van der Waals surface area contributed by atoms with Crippen molar-refractivity contribution in [2.75, 3.05) is 0 Å². The van der Waals surface area contributed by atoms with Gasteiger partial charge in [-0.05, 0) is 85.8 Å². The van der Waals surface area contributed by atoms with Crippen molar-refractivity contribution >= 4 is 11.9 Å². The van der Waals surface area contributed by atoms with Crippen LogP contribution in [0.1, 0.15) is 64.5 Å². The second kappa shape index (κ2) is 6.16. The number of aryl methyl sites for hydroxylation is 1. The van der Waals surface area contributed by atoms with Crippen molar-refractivity contribution in [3.05, 3.63) is 35.2 Å². The maximum absolute atomic E-state index is 13.4. The van der Waals surface area contributed by atoms with Gasteiger partial charge in [0.1, 0.15) is 0 Å². The van der Waals surface area contributed by atoms with Gasteiger partial charge in [0.25, 0.3) is 0 Å². The van der Waals surface area contributed by atoms with Crippen molar-refractivity contribution in [2.45, 2.75) is 64.9 Å². The fourth-order valence-corrected chi connectivity index (χ4v) is 7.15. The van der Waals surface area contributed by atoms with E-state index in [-0.39, 0.29) is 16.9 Å². The standard InChI is InChI=1S/C24H32N2O2/c1-23-9-6-18(27)14-16(23)4-5-19-20(23)7-10-24(2)21(19)13-15(22(24)28)12-17-8-11-25-26(17)3/h4,8,11-12,18-21,27H,5-7,9-10,13-14H2,1-3H3/b15-12-/t18-,19-,20+,21+,23-,24+/m0/s1. The van der Waals surface area contributed by atoms with E-state index in [2.05, 4.69) is 31.1 Å². The first-order valence-electron chi connectivity index (χ1n) is 10.9. The van der Waals surface area contributed by atoms with Crippen molar-refractivity contribution < 1.29 is 9.90 Å². The van der Waals surface area contributed by atoms with E-state index >= 15 is 0 Å². The first-order chi connectivity index (χ1) is 13.3. The first kappa shape index (κ1) is 18.4. The number of aromatic nitrogens is 2. The summed E-state index contributed by atoms with van der Waals surface area (Å²) >= 11 is 0. The molecule has 28 heavy (non-hydrogen) atoms. The molecule has 0 radical (unpaired) electrons. The van der Waals surface area contributed by atoms with Crippen molar-refractivity contribution in [1.82, 2.24) is 9.78 Å². The summed E-state index contributed by atoms with van der Waals surface area (Å²) in [5, 5.41) is 14.4. The number of fused-ring (bicyclic) bond motifs is 5. The molecular weight excluding hydrogens is 348 g/mol. The predicted molar refractivity (Wildman–Crippen MR) is 109 cm³/mol. The molecule has 1 aromatic rings. The Kier molecular flexibility index (Phi) is 4.04. The maximum Gasteiger partial charge on any atom is 0.165 e. The van der Waals surface area contributed by atoms with E-state index in [1.165, 1.54) is 5.57 Å². The molecule has 0 saturated heterocycles. The number of aliphatic hydroxyl groups excluding tert-OH is 1. The normalized spacial score (nSPS) is 44.1. The highest BCUT2D eigenvalue weighted by molar-refractivity contribution is 6.05. The molecule has 4 heteroatoms. The van der Waals surface area contributed by atoms with Gasteiger partial charge in [-0.25, -0.2) is 0 Å². The van der Waals surface area contributed by atoms with Gasteiger partial charge < -0.3 is 5.11 Å². The van der Waals surface area contributed by atoms with Crippen LogP contribution in [-0.4, -0.2) is 26.8 Å². The molecule has 3 fully saturated rings. The number of ketones is 1. The van der Waals surface area contributed by atoms with E-state index in [9.17, 15) is 9.90 Å². The molecule has 1 N–H and O–H groups in total. The summed E-state index contributed by atoms with van der Waals surface area (Å²) in [6, 6.07) is 1.98. The summed E-state index contributed by atoms with van der Waals surface area (Å²) in [7, 11) is 1.93. The number of allylic oxidation sites excluding steroid dienone is 2. The van der Waals surface area contributed by atoms with Crippen LogP contribution in [0.25, 0.3) is 6.08 Å². The van der Waals surface area contributed by atoms with Gasteiger partial charge in [-0.3, -0.25) is 9.48 Å². The lowest BCUT2D eigenvalue weighted by Gasteiger charge is -2.56. The highest BCUT2D eigenvalue weighted by Gasteiger charge is 2.59. The number of aliphatic hydroxyl groups is 1. The Morgan fingerprint density at radius 2 is 1.96 bits per heavy atom. The SMILES string of the molecule is Cn1nccc1/C=C1/C[C@@H]2[C@H]3CC=C4C[C@@H](O)CC[C@]4(C)[C@@H]3CC[C@@]2(C)C1=O. The van der Waals surface area contributed by atoms with Crippen LogP contribution >= 0.6 is 0 Å². The third-order valence-corrected chi connectivity index (χ3v) is 8.90. The predicted octanol–water partition coefficient (Wildman–Crippen LogP) is 4.31. The summed E-state index contributed by atoms with van der Waals surface area (Å²) in [5.74, 6) is 2.06. The van der Waals surface area contributed by atoms with Crippen LogP contribution in [0.15, 0.2) is 29.5 Å². The molecule has 4 aliphatic carbocycles. The molecule has 4 aliphatic rings. The largest absolute Gasteiger partial charge is 0.393 e. The van der Waals surface area contributed by atoms with Crippen molar-refractivity contribution in [3.8, 4) is 0 Å². The Morgan fingerprint density at radius 3 is 2.71 bits per heavy atom. The average molecular weight is 381 g/mol. The zero-order valence-electron chi connectivity index (χ0n) is 17.3. The number of hydrogen-bond acceptors (Lipinski definition) is 3. The zero-order chi connectivity index (χ0) is 19.7. The fourth-order valence-electron chi connectivity index (χ4n) is 7.15. The Hall–Kier alpha value is -1.68. The fraction of sp³-hybridized carbons (Fsp3) is 0.667. The Balaban J connectivity index is 1.49. The number of carbonyl (C=O) groups is 1. The summed E-state index contributed by atoms with van der Waals surface area (Å²) in [5.41, 5.74) is 3.52. The minimum absolute atomic E-state index is 0.161. The molecule has 0 aliphatic heterocycles. The zero-order valence-corrected chi connectivity index (χ0v) is 17.3. The van der Waals surface area contributed by atoms with Crippen LogP contribution in [-0.2, 0) is 11.8 Å². The molecule has 150 valence electrons. The van der Waals surface area contributed by atoms with Crippen LogP contribution < -0.4 is 0 Å². The average Bonchev–Trinajstić information content (AvgIpc) is 3.18. The van der Waals surface area contributed by atoms with Gasteiger partial charge >= 0.3 is 0 Å². The first-order valence-corrected chi connectivity index (χ1v) is 10.9. The lowest BCUT2D eigenvalue weighted by Crippen LogP contribution is -2.50. The number of hydrogen-bond donors (Lipinski definition) is 1.